The number of methoxy groups -OCH3 is 1. The predicted molar refractivity (Wildman–Crippen MR) is 165 cm³/mol. The van der Waals surface area contributed by atoms with Gasteiger partial charge in [0.15, 0.2) is 11.5 Å². The van der Waals surface area contributed by atoms with Crippen molar-refractivity contribution >= 4 is 17.7 Å². The van der Waals surface area contributed by atoms with E-state index in [1.54, 1.807) is 32.5 Å². The Hall–Kier alpha value is -5.34. The molecular weight excluding hydrogens is 592 g/mol. The van der Waals surface area contributed by atoms with Crippen LogP contribution in [0.1, 0.15) is 40.9 Å². The minimum Gasteiger partial charge on any atom is -0.493 e. The van der Waals surface area contributed by atoms with E-state index in [-0.39, 0.29) is 49.9 Å². The number of fused-ring (bicyclic) bond motifs is 3. The maximum Gasteiger partial charge on any atom is 0.255 e. The number of nitrogens with zero attached hydrogens (tertiary/aromatic N) is 8. The molecule has 2 N–H and O–H groups in total. The van der Waals surface area contributed by atoms with Crippen molar-refractivity contribution in [3.8, 4) is 11.5 Å². The van der Waals surface area contributed by atoms with Crippen LogP contribution in [-0.4, -0.2) is 97.2 Å². The highest BCUT2D eigenvalue weighted by Gasteiger charge is 2.25. The van der Waals surface area contributed by atoms with Gasteiger partial charge in [0.25, 0.3) is 5.91 Å². The molecule has 0 radical (unpaired) electrons. The Morgan fingerprint density at radius 2 is 1.93 bits per heavy atom. The lowest BCUT2D eigenvalue weighted by Gasteiger charge is -2.24. The Balaban J connectivity index is 1.35. The van der Waals surface area contributed by atoms with Crippen LogP contribution in [-0.2, 0) is 35.5 Å². The Morgan fingerprint density at radius 3 is 2.74 bits per heavy atom. The second-order valence-corrected chi connectivity index (χ2v) is 10.8. The van der Waals surface area contributed by atoms with Crippen LogP contribution < -0.4 is 20.1 Å². The van der Waals surface area contributed by atoms with Gasteiger partial charge in [-0.15, -0.1) is 10.2 Å². The minimum atomic E-state index is -0.884. The van der Waals surface area contributed by atoms with Gasteiger partial charge >= 0.3 is 0 Å². The van der Waals surface area contributed by atoms with Crippen LogP contribution >= 0.6 is 0 Å². The zero-order valence-electron chi connectivity index (χ0n) is 25.7. The normalized spacial score (nSPS) is 16.5. The first-order valence-electron chi connectivity index (χ1n) is 15.3. The van der Waals surface area contributed by atoms with E-state index in [1.807, 2.05) is 36.5 Å². The van der Waals surface area contributed by atoms with Crippen LogP contribution in [0.15, 0.2) is 61.1 Å². The lowest BCUT2D eigenvalue weighted by Crippen LogP contribution is -2.50. The second-order valence-electron chi connectivity index (χ2n) is 10.8. The van der Waals surface area contributed by atoms with Gasteiger partial charge < -0.3 is 25.0 Å². The van der Waals surface area contributed by atoms with Crippen molar-refractivity contribution in [1.29, 1.82) is 0 Å². The Morgan fingerprint density at radius 1 is 1.07 bits per heavy atom. The molecule has 0 unspecified atom stereocenters. The molecule has 4 aromatic rings. The molecule has 3 amide bonds. The van der Waals surface area contributed by atoms with E-state index in [0.717, 1.165) is 11.3 Å². The number of amides is 3. The first kappa shape index (κ1) is 32.1. The zero-order valence-corrected chi connectivity index (χ0v) is 25.7. The molecule has 0 aliphatic carbocycles. The third-order valence-electron chi connectivity index (χ3n) is 7.55. The molecule has 46 heavy (non-hydrogen) atoms. The number of para-hydroxylation sites is 1. The lowest BCUT2D eigenvalue weighted by molar-refractivity contribution is -0.132. The van der Waals surface area contributed by atoms with Crippen molar-refractivity contribution in [2.75, 3.05) is 33.4 Å². The van der Waals surface area contributed by atoms with E-state index in [2.05, 4.69) is 36.5 Å². The highest BCUT2D eigenvalue weighted by molar-refractivity contribution is 6.00. The van der Waals surface area contributed by atoms with E-state index in [0.29, 0.717) is 50.4 Å². The number of rotatable bonds is 7. The van der Waals surface area contributed by atoms with Gasteiger partial charge in [0.2, 0.25) is 11.8 Å². The number of hydrogen-bond donors (Lipinski definition) is 2. The van der Waals surface area contributed by atoms with Crippen molar-refractivity contribution in [2.24, 2.45) is 0 Å². The maximum absolute atomic E-state index is 13.7. The van der Waals surface area contributed by atoms with Crippen molar-refractivity contribution < 1.29 is 23.9 Å². The van der Waals surface area contributed by atoms with Gasteiger partial charge in [-0.25, -0.2) is 4.68 Å². The molecule has 0 fully saturated rings. The average Bonchev–Trinajstić information content (AvgIpc) is 3.76. The molecule has 15 nitrogen and oxygen atoms in total. The van der Waals surface area contributed by atoms with Crippen molar-refractivity contribution in [1.82, 2.24) is 50.7 Å². The summed E-state index contributed by atoms with van der Waals surface area (Å²) in [5, 5.41) is 25.4. The molecule has 2 aromatic heterocycles. The van der Waals surface area contributed by atoms with E-state index in [1.165, 1.54) is 13.4 Å². The number of aromatic nitrogens is 7. The fourth-order valence-corrected chi connectivity index (χ4v) is 5.14. The highest BCUT2D eigenvalue weighted by Crippen LogP contribution is 2.31. The molecular formula is C31H38N10O5. The van der Waals surface area contributed by atoms with Crippen molar-refractivity contribution in [3.05, 3.63) is 77.9 Å². The summed E-state index contributed by atoms with van der Waals surface area (Å²) in [6.07, 6.45) is 5.57. The van der Waals surface area contributed by atoms with Gasteiger partial charge in [0.1, 0.15) is 12.4 Å². The standard InChI is InChI=1S/C31H38N10O5/c1-45-27-11-5-10-25-29(27)46-19-7-16-40-21-24(35-37-40)13-17-39(28(42)12-6-15-41-22-33-36-38-41)18-14-32-31(44)26(34-30(25)43)20-23-8-3-2-4-9-23/h2-5,8-11,21-22,26H,6-7,12-20H2,1H3,(H,32,44)(H,34,43)/t26-/m0/s1. The van der Waals surface area contributed by atoms with Crippen molar-refractivity contribution in [2.45, 2.75) is 51.2 Å². The van der Waals surface area contributed by atoms with Crippen LogP contribution in [0.3, 0.4) is 0 Å². The van der Waals surface area contributed by atoms with Gasteiger partial charge in [-0.2, -0.15) is 0 Å². The SMILES string of the molecule is COc1cccc2c1OCCCn1cc(nn1)CCN(C(=O)CCCn1cnnn1)CCNC(=O)[C@H](Cc1ccccc1)NC2=O. The maximum atomic E-state index is 13.7. The topological polar surface area (TPSA) is 171 Å². The second kappa shape index (κ2) is 16.1. The Labute approximate surface area is 266 Å². The van der Waals surface area contributed by atoms with Gasteiger partial charge in [-0.05, 0) is 34.5 Å². The first-order valence-corrected chi connectivity index (χ1v) is 15.3. The molecule has 242 valence electrons. The number of ether oxygens (including phenoxy) is 2. The van der Waals surface area contributed by atoms with Gasteiger partial charge in [0.05, 0.1) is 25.0 Å². The Bertz CT molecular complexity index is 1580. The van der Waals surface area contributed by atoms with Crippen LogP contribution in [0.4, 0.5) is 0 Å². The molecule has 15 heteroatoms. The number of hydrogen-bond acceptors (Lipinski definition) is 10. The van der Waals surface area contributed by atoms with E-state index in [9.17, 15) is 14.4 Å². The monoisotopic (exact) mass is 630 g/mol. The van der Waals surface area contributed by atoms with Crippen LogP contribution in [0, 0.1) is 0 Å². The average molecular weight is 631 g/mol. The highest BCUT2D eigenvalue weighted by atomic mass is 16.5. The third kappa shape index (κ3) is 8.86. The Kier molecular flexibility index (Phi) is 11.2. The predicted octanol–water partition coefficient (Wildman–Crippen LogP) is 1.06. The number of carbonyl (C=O) groups excluding carboxylic acids is 3. The summed E-state index contributed by atoms with van der Waals surface area (Å²) in [6, 6.07) is 13.6. The molecule has 2 aromatic carbocycles. The smallest absolute Gasteiger partial charge is 0.255 e. The van der Waals surface area contributed by atoms with Gasteiger partial charge in [-0.1, -0.05) is 41.6 Å². The zero-order chi connectivity index (χ0) is 32.1. The quantitative estimate of drug-likeness (QED) is 0.301. The van der Waals surface area contributed by atoms with Gasteiger partial charge in [0, 0.05) is 64.6 Å². The molecule has 0 saturated heterocycles. The van der Waals surface area contributed by atoms with Crippen LogP contribution in [0.5, 0.6) is 11.5 Å². The summed E-state index contributed by atoms with van der Waals surface area (Å²) in [6.45, 7) is 2.22. The first-order chi connectivity index (χ1) is 22.5. The van der Waals surface area contributed by atoms with Crippen LogP contribution in [0.2, 0.25) is 0 Å². The third-order valence-corrected chi connectivity index (χ3v) is 7.55. The summed E-state index contributed by atoms with van der Waals surface area (Å²) >= 11 is 0. The number of aryl methyl sites for hydroxylation is 2. The lowest BCUT2D eigenvalue weighted by atomic mass is 10.0. The fraction of sp³-hybridized carbons (Fsp3) is 0.419. The number of nitrogens with one attached hydrogen (secondary N) is 2. The molecule has 1 aliphatic rings. The fourth-order valence-electron chi connectivity index (χ4n) is 5.14. The molecule has 1 atom stereocenters. The van der Waals surface area contributed by atoms with Gasteiger partial charge in [-0.3, -0.25) is 19.1 Å². The molecule has 1 aliphatic heterocycles. The van der Waals surface area contributed by atoms with E-state index in [4.69, 9.17) is 9.47 Å². The largest absolute Gasteiger partial charge is 0.493 e. The van der Waals surface area contributed by atoms with Crippen LogP contribution in [0.25, 0.3) is 0 Å². The number of carbonyl (C=O) groups is 3. The summed E-state index contributed by atoms with van der Waals surface area (Å²) < 4.78 is 14.9. The van der Waals surface area contributed by atoms with E-state index < -0.39 is 11.9 Å². The number of benzene rings is 2. The summed E-state index contributed by atoms with van der Waals surface area (Å²) in [5.41, 5.74) is 1.89. The minimum absolute atomic E-state index is 0.0579. The van der Waals surface area contributed by atoms with Crippen molar-refractivity contribution in [3.63, 3.8) is 0 Å². The summed E-state index contributed by atoms with van der Waals surface area (Å²) in [7, 11) is 1.51. The molecule has 0 saturated carbocycles. The number of tetrazole rings is 1. The summed E-state index contributed by atoms with van der Waals surface area (Å²) in [4.78, 5) is 42.2. The molecule has 3 heterocycles. The molecule has 2 bridgehead atoms. The molecule has 0 spiro atoms. The molecule has 5 rings (SSSR count). The summed E-state index contributed by atoms with van der Waals surface area (Å²) in [5.74, 6) is -0.184. The van der Waals surface area contributed by atoms with E-state index >= 15 is 0 Å².